The predicted molar refractivity (Wildman–Crippen MR) is 117 cm³/mol. The Hall–Kier alpha value is -2.80. The number of nitrogens with zero attached hydrogens (tertiary/aromatic N) is 3. The third-order valence-electron chi connectivity index (χ3n) is 4.97. The van der Waals surface area contributed by atoms with Gasteiger partial charge in [-0.05, 0) is 31.0 Å². The summed E-state index contributed by atoms with van der Waals surface area (Å²) >= 11 is 0. The lowest BCUT2D eigenvalue weighted by Gasteiger charge is -2.29. The van der Waals surface area contributed by atoms with Crippen LogP contribution in [-0.4, -0.2) is 57.9 Å². The number of aliphatic imine (C=N–C) groups is 1. The highest BCUT2D eigenvalue weighted by Crippen LogP contribution is 2.20. The minimum atomic E-state index is 0.661. The number of methoxy groups -OCH3 is 1. The Morgan fingerprint density at radius 2 is 2.03 bits per heavy atom. The van der Waals surface area contributed by atoms with E-state index in [1.165, 1.54) is 11.1 Å². The number of aryl methyl sites for hydroxylation is 1. The number of hydrogen-bond donors (Lipinski definition) is 2. The van der Waals surface area contributed by atoms with Gasteiger partial charge in [-0.25, -0.2) is 4.98 Å². The van der Waals surface area contributed by atoms with Crippen LogP contribution >= 0.6 is 0 Å². The highest BCUT2D eigenvalue weighted by atomic mass is 16.5. The van der Waals surface area contributed by atoms with Crippen LogP contribution in [0, 0.1) is 6.92 Å². The Morgan fingerprint density at radius 1 is 1.21 bits per heavy atom. The Labute approximate surface area is 173 Å². The average Bonchev–Trinajstić information content (AvgIpc) is 2.77. The summed E-state index contributed by atoms with van der Waals surface area (Å²) in [5.74, 6) is 2.71. The van der Waals surface area contributed by atoms with Crippen LogP contribution in [0.25, 0.3) is 0 Å². The van der Waals surface area contributed by atoms with E-state index < -0.39 is 0 Å². The summed E-state index contributed by atoms with van der Waals surface area (Å²) in [4.78, 5) is 11.2. The molecule has 29 heavy (non-hydrogen) atoms. The fourth-order valence-corrected chi connectivity index (χ4v) is 3.45. The molecule has 0 amide bonds. The Balaban J connectivity index is 1.54. The molecule has 156 valence electrons. The number of aromatic nitrogens is 1. The molecular formula is C22H31N5O2. The molecule has 1 aromatic heterocycles. The Bertz CT molecular complexity index is 819. The average molecular weight is 398 g/mol. The van der Waals surface area contributed by atoms with Crippen molar-refractivity contribution in [3.05, 3.63) is 53.2 Å². The molecule has 0 spiro atoms. The van der Waals surface area contributed by atoms with Crippen molar-refractivity contribution < 1.29 is 9.47 Å². The number of ether oxygens (including phenoxy) is 2. The largest absolute Gasteiger partial charge is 0.496 e. The van der Waals surface area contributed by atoms with Gasteiger partial charge in [-0.1, -0.05) is 23.8 Å². The normalized spacial score (nSPS) is 14.6. The standard InChI is InChI=1S/C22H31N5O2/c1-17-6-7-20(28-3)18(15-17)8-10-25-22(23-2)26-16-19-5-4-9-24-21(19)27-11-13-29-14-12-27/h4-7,9,15H,8,10-14,16H2,1-3H3,(H2,23,25,26). The summed E-state index contributed by atoms with van der Waals surface area (Å²) in [5, 5.41) is 6.79. The van der Waals surface area contributed by atoms with E-state index in [0.29, 0.717) is 6.54 Å². The van der Waals surface area contributed by atoms with E-state index in [1.54, 1.807) is 14.2 Å². The molecule has 2 aromatic rings. The molecule has 2 heterocycles. The molecular weight excluding hydrogens is 366 g/mol. The minimum absolute atomic E-state index is 0.661. The van der Waals surface area contributed by atoms with Crippen molar-refractivity contribution in [1.29, 1.82) is 0 Å². The van der Waals surface area contributed by atoms with Gasteiger partial charge < -0.3 is 25.0 Å². The smallest absolute Gasteiger partial charge is 0.191 e. The molecule has 7 nitrogen and oxygen atoms in total. The van der Waals surface area contributed by atoms with Gasteiger partial charge >= 0.3 is 0 Å². The van der Waals surface area contributed by atoms with E-state index in [-0.39, 0.29) is 0 Å². The number of pyridine rings is 1. The van der Waals surface area contributed by atoms with Crippen molar-refractivity contribution in [3.63, 3.8) is 0 Å². The van der Waals surface area contributed by atoms with Crippen LogP contribution in [0.4, 0.5) is 5.82 Å². The third kappa shape index (κ3) is 5.84. The Kier molecular flexibility index (Phi) is 7.69. The van der Waals surface area contributed by atoms with Gasteiger partial charge in [0.1, 0.15) is 11.6 Å². The SMILES string of the molecule is CN=C(NCCc1cc(C)ccc1OC)NCc1cccnc1N1CCOCC1. The molecule has 1 saturated heterocycles. The summed E-state index contributed by atoms with van der Waals surface area (Å²) in [5.41, 5.74) is 3.57. The summed E-state index contributed by atoms with van der Waals surface area (Å²) in [6, 6.07) is 10.3. The molecule has 0 aliphatic carbocycles. The van der Waals surface area contributed by atoms with E-state index in [9.17, 15) is 0 Å². The van der Waals surface area contributed by atoms with Gasteiger partial charge in [0.25, 0.3) is 0 Å². The van der Waals surface area contributed by atoms with Gasteiger partial charge in [-0.15, -0.1) is 0 Å². The molecule has 0 unspecified atom stereocenters. The molecule has 1 aromatic carbocycles. The van der Waals surface area contributed by atoms with Crippen molar-refractivity contribution in [3.8, 4) is 5.75 Å². The number of anilines is 1. The summed E-state index contributed by atoms with van der Waals surface area (Å²) in [6.45, 7) is 6.75. The van der Waals surface area contributed by atoms with Crippen LogP contribution in [0.3, 0.4) is 0 Å². The van der Waals surface area contributed by atoms with Crippen LogP contribution in [0.15, 0.2) is 41.5 Å². The zero-order valence-electron chi connectivity index (χ0n) is 17.6. The maximum absolute atomic E-state index is 5.47. The minimum Gasteiger partial charge on any atom is -0.496 e. The van der Waals surface area contributed by atoms with Crippen LogP contribution in [-0.2, 0) is 17.7 Å². The third-order valence-corrected chi connectivity index (χ3v) is 4.97. The maximum Gasteiger partial charge on any atom is 0.191 e. The zero-order chi connectivity index (χ0) is 20.5. The van der Waals surface area contributed by atoms with Crippen molar-refractivity contribution >= 4 is 11.8 Å². The maximum atomic E-state index is 5.47. The second kappa shape index (κ2) is 10.7. The fraction of sp³-hybridized carbons (Fsp3) is 0.455. The van der Waals surface area contributed by atoms with Gasteiger partial charge in [-0.2, -0.15) is 0 Å². The number of rotatable bonds is 7. The van der Waals surface area contributed by atoms with E-state index in [2.05, 4.69) is 50.6 Å². The van der Waals surface area contributed by atoms with E-state index in [1.807, 2.05) is 18.3 Å². The van der Waals surface area contributed by atoms with Gasteiger partial charge in [0.2, 0.25) is 0 Å². The molecule has 3 rings (SSSR count). The number of morpholine rings is 1. The lowest BCUT2D eigenvalue weighted by molar-refractivity contribution is 0.122. The van der Waals surface area contributed by atoms with Crippen LogP contribution in [0.2, 0.25) is 0 Å². The highest BCUT2D eigenvalue weighted by molar-refractivity contribution is 5.79. The van der Waals surface area contributed by atoms with Gasteiger partial charge in [-0.3, -0.25) is 4.99 Å². The lowest BCUT2D eigenvalue weighted by Crippen LogP contribution is -2.40. The molecule has 0 saturated carbocycles. The fourth-order valence-electron chi connectivity index (χ4n) is 3.45. The quantitative estimate of drug-likeness (QED) is 0.551. The van der Waals surface area contributed by atoms with Crippen molar-refractivity contribution in [2.45, 2.75) is 19.9 Å². The van der Waals surface area contributed by atoms with Crippen LogP contribution < -0.4 is 20.3 Å². The predicted octanol–water partition coefficient (Wildman–Crippen LogP) is 2.14. The number of nitrogens with one attached hydrogen (secondary N) is 2. The number of guanidine groups is 1. The van der Waals surface area contributed by atoms with E-state index >= 15 is 0 Å². The van der Waals surface area contributed by atoms with E-state index in [4.69, 9.17) is 9.47 Å². The van der Waals surface area contributed by atoms with Gasteiger partial charge in [0.15, 0.2) is 5.96 Å². The van der Waals surface area contributed by atoms with Crippen molar-refractivity contribution in [2.75, 3.05) is 51.9 Å². The molecule has 0 radical (unpaired) electrons. The lowest BCUT2D eigenvalue weighted by atomic mass is 10.1. The first-order chi connectivity index (χ1) is 14.2. The van der Waals surface area contributed by atoms with Crippen molar-refractivity contribution in [2.24, 2.45) is 4.99 Å². The topological polar surface area (TPSA) is 71.0 Å². The second-order valence-corrected chi connectivity index (χ2v) is 7.00. The second-order valence-electron chi connectivity index (χ2n) is 7.00. The molecule has 1 fully saturated rings. The first kappa shape index (κ1) is 20.9. The Morgan fingerprint density at radius 3 is 2.79 bits per heavy atom. The molecule has 1 aliphatic rings. The first-order valence-corrected chi connectivity index (χ1v) is 10.1. The summed E-state index contributed by atoms with van der Waals surface area (Å²) in [6.07, 6.45) is 2.70. The van der Waals surface area contributed by atoms with Crippen molar-refractivity contribution in [1.82, 2.24) is 15.6 Å². The van der Waals surface area contributed by atoms with Crippen LogP contribution in [0.5, 0.6) is 5.75 Å². The molecule has 1 aliphatic heterocycles. The molecule has 0 atom stereocenters. The molecule has 0 bridgehead atoms. The molecule has 2 N–H and O–H groups in total. The summed E-state index contributed by atoms with van der Waals surface area (Å²) in [7, 11) is 3.50. The first-order valence-electron chi connectivity index (χ1n) is 10.1. The number of benzene rings is 1. The monoisotopic (exact) mass is 397 g/mol. The zero-order valence-corrected chi connectivity index (χ0v) is 17.6. The van der Waals surface area contributed by atoms with Gasteiger partial charge in [0, 0.05) is 45.0 Å². The number of hydrogen-bond acceptors (Lipinski definition) is 5. The molecule has 7 heteroatoms. The highest BCUT2D eigenvalue weighted by Gasteiger charge is 2.15. The van der Waals surface area contributed by atoms with Gasteiger partial charge in [0.05, 0.1) is 20.3 Å². The van der Waals surface area contributed by atoms with E-state index in [0.717, 1.165) is 62.4 Å². The van der Waals surface area contributed by atoms with Crippen LogP contribution in [0.1, 0.15) is 16.7 Å². The summed E-state index contributed by atoms with van der Waals surface area (Å²) < 4.78 is 10.9.